The lowest BCUT2D eigenvalue weighted by Crippen LogP contribution is -2.37. The van der Waals surface area contributed by atoms with Crippen molar-refractivity contribution < 1.29 is 9.47 Å². The van der Waals surface area contributed by atoms with Crippen molar-refractivity contribution in [3.63, 3.8) is 0 Å². The topological polar surface area (TPSA) is 39.5 Å². The SMILES string of the molecule is Cn1nccc1[C@@H]1CCCN(CCOC[C@@H]2CCCO2)C1. The van der Waals surface area contributed by atoms with Crippen molar-refractivity contribution in [2.45, 2.75) is 37.7 Å². The molecule has 2 aliphatic rings. The van der Waals surface area contributed by atoms with E-state index in [0.717, 1.165) is 39.3 Å². The van der Waals surface area contributed by atoms with Crippen molar-refractivity contribution in [1.29, 1.82) is 0 Å². The molecule has 118 valence electrons. The van der Waals surface area contributed by atoms with E-state index >= 15 is 0 Å². The summed E-state index contributed by atoms with van der Waals surface area (Å²) in [6.45, 7) is 5.84. The molecule has 0 aromatic carbocycles. The Hall–Kier alpha value is -0.910. The first-order valence-electron chi connectivity index (χ1n) is 8.22. The minimum absolute atomic E-state index is 0.341. The standard InChI is InChI=1S/C16H27N3O2/c1-18-16(6-7-17-18)14-4-2-8-19(12-14)9-11-20-13-15-5-3-10-21-15/h6-7,14-15H,2-5,8-13H2,1H3/t14-,15+/m1/s1. The van der Waals surface area contributed by atoms with Gasteiger partial charge in [-0.1, -0.05) is 0 Å². The third-order valence-electron chi connectivity index (χ3n) is 4.66. The summed E-state index contributed by atoms with van der Waals surface area (Å²) in [5, 5.41) is 4.30. The highest BCUT2D eigenvalue weighted by Crippen LogP contribution is 2.26. The average molecular weight is 293 g/mol. The van der Waals surface area contributed by atoms with E-state index in [4.69, 9.17) is 9.47 Å². The van der Waals surface area contributed by atoms with Gasteiger partial charge in [-0.3, -0.25) is 4.68 Å². The van der Waals surface area contributed by atoms with Crippen LogP contribution in [-0.4, -0.2) is 60.2 Å². The summed E-state index contributed by atoms with van der Waals surface area (Å²) in [6.07, 6.45) is 7.13. The van der Waals surface area contributed by atoms with Crippen molar-refractivity contribution in [1.82, 2.24) is 14.7 Å². The predicted molar refractivity (Wildman–Crippen MR) is 81.4 cm³/mol. The second kappa shape index (κ2) is 7.38. The molecule has 3 rings (SSSR count). The zero-order chi connectivity index (χ0) is 14.5. The summed E-state index contributed by atoms with van der Waals surface area (Å²) in [5.41, 5.74) is 1.36. The van der Waals surface area contributed by atoms with Crippen LogP contribution < -0.4 is 0 Å². The highest BCUT2D eigenvalue weighted by molar-refractivity contribution is 5.09. The highest BCUT2D eigenvalue weighted by Gasteiger charge is 2.23. The van der Waals surface area contributed by atoms with Gasteiger partial charge < -0.3 is 14.4 Å². The minimum atomic E-state index is 0.341. The van der Waals surface area contributed by atoms with Crippen molar-refractivity contribution in [3.8, 4) is 0 Å². The van der Waals surface area contributed by atoms with Gasteiger partial charge in [0.15, 0.2) is 0 Å². The summed E-state index contributed by atoms with van der Waals surface area (Å²) < 4.78 is 13.4. The molecule has 0 bridgehead atoms. The maximum Gasteiger partial charge on any atom is 0.0809 e. The van der Waals surface area contributed by atoms with E-state index in [1.54, 1.807) is 0 Å². The zero-order valence-electron chi connectivity index (χ0n) is 13.0. The van der Waals surface area contributed by atoms with Crippen molar-refractivity contribution in [2.75, 3.05) is 39.5 Å². The average Bonchev–Trinajstić information content (AvgIpc) is 3.15. The Balaban J connectivity index is 1.38. The lowest BCUT2D eigenvalue weighted by Gasteiger charge is -2.32. The van der Waals surface area contributed by atoms with Crippen LogP contribution in [0, 0.1) is 0 Å². The molecule has 1 aromatic heterocycles. The van der Waals surface area contributed by atoms with Gasteiger partial charge in [-0.25, -0.2) is 0 Å². The van der Waals surface area contributed by atoms with E-state index in [1.165, 1.54) is 31.5 Å². The van der Waals surface area contributed by atoms with E-state index in [0.29, 0.717) is 12.0 Å². The van der Waals surface area contributed by atoms with E-state index < -0.39 is 0 Å². The molecule has 0 N–H and O–H groups in total. The first-order valence-corrected chi connectivity index (χ1v) is 8.22. The lowest BCUT2D eigenvalue weighted by molar-refractivity contribution is 0.00845. The number of ether oxygens (including phenoxy) is 2. The molecule has 5 heteroatoms. The Morgan fingerprint density at radius 1 is 1.38 bits per heavy atom. The Kier molecular flexibility index (Phi) is 5.27. The van der Waals surface area contributed by atoms with E-state index in [-0.39, 0.29) is 0 Å². The van der Waals surface area contributed by atoms with Crippen LogP contribution in [0.2, 0.25) is 0 Å². The first-order chi connectivity index (χ1) is 10.3. The van der Waals surface area contributed by atoms with Gasteiger partial charge in [-0.15, -0.1) is 0 Å². The fourth-order valence-electron chi connectivity index (χ4n) is 3.47. The molecule has 21 heavy (non-hydrogen) atoms. The zero-order valence-corrected chi connectivity index (χ0v) is 13.0. The van der Waals surface area contributed by atoms with Crippen molar-refractivity contribution >= 4 is 0 Å². The molecule has 0 radical (unpaired) electrons. The smallest absolute Gasteiger partial charge is 0.0809 e. The fraction of sp³-hybridized carbons (Fsp3) is 0.812. The third kappa shape index (κ3) is 4.05. The summed E-state index contributed by atoms with van der Waals surface area (Å²) in [6, 6.07) is 2.15. The van der Waals surface area contributed by atoms with Crippen LogP contribution >= 0.6 is 0 Å². The molecule has 1 aromatic rings. The number of hydrogen-bond donors (Lipinski definition) is 0. The summed E-state index contributed by atoms with van der Waals surface area (Å²) in [5.74, 6) is 0.615. The van der Waals surface area contributed by atoms with Gasteiger partial charge in [-0.05, 0) is 38.3 Å². The minimum Gasteiger partial charge on any atom is -0.377 e. The van der Waals surface area contributed by atoms with Crippen LogP contribution in [0.1, 0.15) is 37.3 Å². The second-order valence-corrected chi connectivity index (χ2v) is 6.23. The van der Waals surface area contributed by atoms with Crippen LogP contribution in [0.15, 0.2) is 12.3 Å². The first kappa shape index (κ1) is 15.0. The van der Waals surface area contributed by atoms with Crippen LogP contribution in [0.3, 0.4) is 0 Å². The number of hydrogen-bond acceptors (Lipinski definition) is 4. The van der Waals surface area contributed by atoms with Crippen LogP contribution in [-0.2, 0) is 16.5 Å². The van der Waals surface area contributed by atoms with Gasteiger partial charge in [-0.2, -0.15) is 5.10 Å². The summed E-state index contributed by atoms with van der Waals surface area (Å²) >= 11 is 0. The molecule has 2 atom stereocenters. The predicted octanol–water partition coefficient (Wildman–Crippen LogP) is 1.80. The lowest BCUT2D eigenvalue weighted by atomic mass is 9.95. The maximum atomic E-state index is 5.79. The molecular formula is C16H27N3O2. The maximum absolute atomic E-state index is 5.79. The quantitative estimate of drug-likeness (QED) is 0.750. The molecule has 0 unspecified atom stereocenters. The number of aryl methyl sites for hydroxylation is 1. The van der Waals surface area contributed by atoms with Crippen molar-refractivity contribution in [3.05, 3.63) is 18.0 Å². The molecule has 2 saturated heterocycles. The molecular weight excluding hydrogens is 266 g/mol. The monoisotopic (exact) mass is 293 g/mol. The Morgan fingerprint density at radius 2 is 2.33 bits per heavy atom. The highest BCUT2D eigenvalue weighted by atomic mass is 16.5. The second-order valence-electron chi connectivity index (χ2n) is 6.23. The Morgan fingerprint density at radius 3 is 3.10 bits per heavy atom. The van der Waals surface area contributed by atoms with E-state index in [2.05, 4.69) is 16.1 Å². The normalized spacial score (nSPS) is 27.3. The van der Waals surface area contributed by atoms with Gasteiger partial charge in [0, 0.05) is 44.6 Å². The van der Waals surface area contributed by atoms with Gasteiger partial charge >= 0.3 is 0 Å². The molecule has 3 heterocycles. The molecule has 0 amide bonds. The molecule has 0 aliphatic carbocycles. The summed E-state index contributed by atoms with van der Waals surface area (Å²) in [4.78, 5) is 2.52. The number of rotatable bonds is 6. The number of aromatic nitrogens is 2. The fourth-order valence-corrected chi connectivity index (χ4v) is 3.47. The molecule has 2 aliphatic heterocycles. The van der Waals surface area contributed by atoms with E-state index in [1.807, 2.05) is 17.9 Å². The third-order valence-corrected chi connectivity index (χ3v) is 4.66. The number of piperidine rings is 1. The van der Waals surface area contributed by atoms with Gasteiger partial charge in [0.2, 0.25) is 0 Å². The largest absolute Gasteiger partial charge is 0.377 e. The van der Waals surface area contributed by atoms with Gasteiger partial charge in [0.1, 0.15) is 0 Å². The molecule has 5 nitrogen and oxygen atoms in total. The van der Waals surface area contributed by atoms with E-state index in [9.17, 15) is 0 Å². The number of nitrogens with zero attached hydrogens (tertiary/aromatic N) is 3. The summed E-state index contributed by atoms with van der Waals surface area (Å²) in [7, 11) is 2.04. The van der Waals surface area contributed by atoms with Gasteiger partial charge in [0.05, 0.1) is 19.3 Å². The Labute approximate surface area is 127 Å². The van der Waals surface area contributed by atoms with Crippen LogP contribution in [0.25, 0.3) is 0 Å². The molecule has 0 saturated carbocycles. The number of likely N-dealkylation sites (tertiary alicyclic amines) is 1. The van der Waals surface area contributed by atoms with Crippen LogP contribution in [0.4, 0.5) is 0 Å². The Bertz CT molecular complexity index is 429. The van der Waals surface area contributed by atoms with Gasteiger partial charge in [0.25, 0.3) is 0 Å². The van der Waals surface area contributed by atoms with Crippen molar-refractivity contribution in [2.24, 2.45) is 7.05 Å². The molecule has 2 fully saturated rings. The molecule has 0 spiro atoms. The van der Waals surface area contributed by atoms with Crippen LogP contribution in [0.5, 0.6) is 0 Å².